The molecule has 19 heavy (non-hydrogen) atoms. The van der Waals surface area contributed by atoms with Crippen LogP contribution in [0.15, 0.2) is 12.1 Å². The molecule has 4 atom stereocenters. The molecule has 0 saturated heterocycles. The molecule has 2 heterocycles. The highest BCUT2D eigenvalue weighted by Crippen LogP contribution is 2.43. The van der Waals surface area contributed by atoms with Crippen molar-refractivity contribution < 1.29 is 19.7 Å². The van der Waals surface area contributed by atoms with Gasteiger partial charge in [0.1, 0.15) is 0 Å². The maximum atomic E-state index is 10.1. The Kier molecular flexibility index (Phi) is 2.48. The summed E-state index contributed by atoms with van der Waals surface area (Å²) in [6.07, 6.45) is 0.196. The lowest BCUT2D eigenvalue weighted by Gasteiger charge is -2.43. The summed E-state index contributed by atoms with van der Waals surface area (Å²) in [4.78, 5) is 0. The molecule has 1 fully saturated rings. The third kappa shape index (κ3) is 1.65. The van der Waals surface area contributed by atoms with E-state index in [1.807, 2.05) is 12.1 Å². The van der Waals surface area contributed by atoms with Gasteiger partial charge in [-0.2, -0.15) is 0 Å². The van der Waals surface area contributed by atoms with E-state index in [9.17, 15) is 10.2 Å². The maximum Gasteiger partial charge on any atom is 0.231 e. The van der Waals surface area contributed by atoms with Crippen LogP contribution in [0.2, 0.25) is 0 Å². The fourth-order valence-corrected chi connectivity index (χ4v) is 3.52. The standard InChI is InChI=1S/C14H17NO4/c16-10-2-1-8-9-4-12-11(18-6-19-12)3-7(9)5-15-13(8)14(10)17/h3-4,8,10,13-17H,1-2,5-6H2/t8-,10+,13+,14+/m0/s1. The number of fused-ring (bicyclic) bond motifs is 4. The van der Waals surface area contributed by atoms with Crippen LogP contribution in [-0.4, -0.2) is 35.3 Å². The smallest absolute Gasteiger partial charge is 0.231 e. The molecule has 3 aliphatic rings. The molecule has 0 radical (unpaired) electrons. The molecule has 0 unspecified atom stereocenters. The summed E-state index contributed by atoms with van der Waals surface area (Å²) in [6.45, 7) is 0.970. The van der Waals surface area contributed by atoms with Gasteiger partial charge in [0.2, 0.25) is 6.79 Å². The summed E-state index contributed by atoms with van der Waals surface area (Å²) < 4.78 is 10.8. The Labute approximate surface area is 111 Å². The highest BCUT2D eigenvalue weighted by Gasteiger charge is 2.41. The first kappa shape index (κ1) is 11.5. The van der Waals surface area contributed by atoms with Gasteiger partial charge in [0.05, 0.1) is 12.2 Å². The predicted octanol–water partition coefficient (Wildman–Crippen LogP) is 0.486. The van der Waals surface area contributed by atoms with Crippen molar-refractivity contribution in [3.63, 3.8) is 0 Å². The quantitative estimate of drug-likeness (QED) is 0.635. The van der Waals surface area contributed by atoms with Crippen molar-refractivity contribution in [3.8, 4) is 11.5 Å². The number of ether oxygens (including phenoxy) is 2. The SMILES string of the molecule is O[C@H]1[C@@H]2NCc3cc4c(cc3[C@@H]2CC[C@H]1O)OCO4. The molecule has 0 spiro atoms. The zero-order chi connectivity index (χ0) is 13.0. The number of nitrogens with one attached hydrogen (secondary N) is 1. The largest absolute Gasteiger partial charge is 0.454 e. The van der Waals surface area contributed by atoms with Crippen LogP contribution in [0, 0.1) is 0 Å². The number of hydrogen-bond acceptors (Lipinski definition) is 5. The number of aliphatic hydroxyl groups is 2. The lowest BCUT2D eigenvalue weighted by molar-refractivity contribution is -0.0395. The minimum Gasteiger partial charge on any atom is -0.454 e. The van der Waals surface area contributed by atoms with Gasteiger partial charge in [-0.05, 0) is 36.1 Å². The Bertz CT molecular complexity index is 518. The van der Waals surface area contributed by atoms with E-state index in [2.05, 4.69) is 5.32 Å². The number of benzene rings is 1. The van der Waals surface area contributed by atoms with Gasteiger partial charge < -0.3 is 25.0 Å². The second kappa shape index (κ2) is 4.10. The van der Waals surface area contributed by atoms with E-state index in [0.29, 0.717) is 13.0 Å². The molecule has 1 saturated carbocycles. The van der Waals surface area contributed by atoms with Crippen LogP contribution in [0.3, 0.4) is 0 Å². The first-order valence-electron chi connectivity index (χ1n) is 6.76. The molecule has 0 aromatic heterocycles. The highest BCUT2D eigenvalue weighted by atomic mass is 16.7. The van der Waals surface area contributed by atoms with E-state index in [1.54, 1.807) is 0 Å². The van der Waals surface area contributed by atoms with Crippen molar-refractivity contribution in [2.75, 3.05) is 6.79 Å². The first-order chi connectivity index (χ1) is 9.24. The molecule has 5 heteroatoms. The zero-order valence-electron chi connectivity index (χ0n) is 10.5. The van der Waals surface area contributed by atoms with E-state index >= 15 is 0 Å². The van der Waals surface area contributed by atoms with Crippen LogP contribution in [0.5, 0.6) is 11.5 Å². The molecule has 2 aliphatic heterocycles. The summed E-state index contributed by atoms with van der Waals surface area (Å²) in [7, 11) is 0. The summed E-state index contributed by atoms with van der Waals surface area (Å²) in [5.41, 5.74) is 2.42. The fraction of sp³-hybridized carbons (Fsp3) is 0.571. The Balaban J connectivity index is 1.75. The van der Waals surface area contributed by atoms with Gasteiger partial charge in [-0.25, -0.2) is 0 Å². The van der Waals surface area contributed by atoms with E-state index in [4.69, 9.17) is 9.47 Å². The number of hydrogen-bond donors (Lipinski definition) is 3. The Morgan fingerprint density at radius 1 is 1.11 bits per heavy atom. The average molecular weight is 263 g/mol. The normalized spacial score (nSPS) is 35.7. The van der Waals surface area contributed by atoms with Gasteiger partial charge in [-0.1, -0.05) is 0 Å². The van der Waals surface area contributed by atoms with E-state index in [1.165, 1.54) is 11.1 Å². The Hall–Kier alpha value is -1.30. The molecule has 1 aromatic carbocycles. The van der Waals surface area contributed by atoms with Crippen LogP contribution >= 0.6 is 0 Å². The van der Waals surface area contributed by atoms with E-state index in [0.717, 1.165) is 17.9 Å². The van der Waals surface area contributed by atoms with Crippen molar-refractivity contribution in [1.82, 2.24) is 5.32 Å². The lowest BCUT2D eigenvalue weighted by atomic mass is 9.73. The van der Waals surface area contributed by atoms with E-state index < -0.39 is 12.2 Å². The predicted molar refractivity (Wildman–Crippen MR) is 67.2 cm³/mol. The molecule has 1 aliphatic carbocycles. The first-order valence-corrected chi connectivity index (χ1v) is 6.76. The van der Waals surface area contributed by atoms with Gasteiger partial charge in [-0.3, -0.25) is 0 Å². The third-order valence-electron chi connectivity index (χ3n) is 4.53. The molecule has 4 rings (SSSR count). The summed E-state index contributed by atoms with van der Waals surface area (Å²) in [6, 6.07) is 4.00. The molecular formula is C14H17NO4. The van der Waals surface area contributed by atoms with Gasteiger partial charge in [0.25, 0.3) is 0 Å². The molecule has 102 valence electrons. The van der Waals surface area contributed by atoms with Crippen LogP contribution in [-0.2, 0) is 6.54 Å². The van der Waals surface area contributed by atoms with Crippen molar-refractivity contribution in [3.05, 3.63) is 23.3 Å². The van der Waals surface area contributed by atoms with Crippen molar-refractivity contribution in [2.24, 2.45) is 0 Å². The van der Waals surface area contributed by atoms with Crippen LogP contribution in [0.1, 0.15) is 29.9 Å². The monoisotopic (exact) mass is 263 g/mol. The van der Waals surface area contributed by atoms with Gasteiger partial charge >= 0.3 is 0 Å². The summed E-state index contributed by atoms with van der Waals surface area (Å²) in [5.74, 6) is 1.83. The van der Waals surface area contributed by atoms with E-state index in [-0.39, 0.29) is 18.8 Å². The second-order valence-electron chi connectivity index (χ2n) is 5.55. The highest BCUT2D eigenvalue weighted by molar-refractivity contribution is 5.51. The zero-order valence-corrected chi connectivity index (χ0v) is 10.5. The van der Waals surface area contributed by atoms with Gasteiger partial charge in [0.15, 0.2) is 11.5 Å². The third-order valence-corrected chi connectivity index (χ3v) is 4.53. The lowest BCUT2D eigenvalue weighted by Crippen LogP contribution is -2.54. The Morgan fingerprint density at radius 2 is 1.89 bits per heavy atom. The minimum absolute atomic E-state index is 0.0726. The number of aliphatic hydroxyl groups excluding tert-OH is 2. The second-order valence-corrected chi connectivity index (χ2v) is 5.55. The topological polar surface area (TPSA) is 71.0 Å². The number of rotatable bonds is 0. The van der Waals surface area contributed by atoms with Gasteiger partial charge in [0, 0.05) is 18.5 Å². The van der Waals surface area contributed by atoms with Gasteiger partial charge in [-0.15, -0.1) is 0 Å². The van der Waals surface area contributed by atoms with Crippen molar-refractivity contribution in [2.45, 2.75) is 43.6 Å². The van der Waals surface area contributed by atoms with Crippen LogP contribution < -0.4 is 14.8 Å². The fourth-order valence-electron chi connectivity index (χ4n) is 3.52. The maximum absolute atomic E-state index is 10.1. The molecule has 0 bridgehead atoms. The molecule has 1 aromatic rings. The molecule has 3 N–H and O–H groups in total. The van der Waals surface area contributed by atoms with Crippen molar-refractivity contribution in [1.29, 1.82) is 0 Å². The molecular weight excluding hydrogens is 246 g/mol. The van der Waals surface area contributed by atoms with Crippen LogP contribution in [0.4, 0.5) is 0 Å². The van der Waals surface area contributed by atoms with Crippen LogP contribution in [0.25, 0.3) is 0 Å². The summed E-state index contributed by atoms with van der Waals surface area (Å²) in [5, 5.41) is 23.3. The Morgan fingerprint density at radius 3 is 2.74 bits per heavy atom. The minimum atomic E-state index is -0.697. The molecule has 5 nitrogen and oxygen atoms in total. The van der Waals surface area contributed by atoms with Crippen molar-refractivity contribution >= 4 is 0 Å². The summed E-state index contributed by atoms with van der Waals surface area (Å²) >= 11 is 0. The molecule has 0 amide bonds. The average Bonchev–Trinajstić information content (AvgIpc) is 2.87.